The van der Waals surface area contributed by atoms with Crippen LogP contribution in [0.1, 0.15) is 38.8 Å². The first-order valence-corrected chi connectivity index (χ1v) is 7.90. The van der Waals surface area contributed by atoms with E-state index in [1.165, 1.54) is 50.0 Å². The maximum atomic E-state index is 4.73. The van der Waals surface area contributed by atoms with Crippen LogP contribution in [0.3, 0.4) is 0 Å². The average molecular weight is 270 g/mol. The third kappa shape index (κ3) is 4.31. The van der Waals surface area contributed by atoms with Crippen molar-refractivity contribution in [3.05, 3.63) is 42.1 Å². The minimum atomic E-state index is 1.10. The number of nitrogens with zero attached hydrogens (tertiary/aromatic N) is 2. The van der Waals surface area contributed by atoms with Crippen LogP contribution < -0.4 is 0 Å². The summed E-state index contributed by atoms with van der Waals surface area (Å²) in [6.45, 7) is 8.05. The van der Waals surface area contributed by atoms with E-state index in [0.717, 1.165) is 11.9 Å². The van der Waals surface area contributed by atoms with Crippen molar-refractivity contribution in [2.75, 3.05) is 19.6 Å². The van der Waals surface area contributed by atoms with Gasteiger partial charge in [0.15, 0.2) is 0 Å². The second-order valence-electron chi connectivity index (χ2n) is 5.33. The molecule has 2 heteroatoms. The Bertz CT molecular complexity index is 518. The molecule has 0 spiro atoms. The summed E-state index contributed by atoms with van der Waals surface area (Å²) in [4.78, 5) is 7.22. The van der Waals surface area contributed by atoms with Crippen molar-refractivity contribution >= 4 is 10.9 Å². The zero-order chi connectivity index (χ0) is 14.2. The molecule has 108 valence electrons. The summed E-state index contributed by atoms with van der Waals surface area (Å²) >= 11 is 0. The summed E-state index contributed by atoms with van der Waals surface area (Å²) in [6.07, 6.45) is 4.94. The molecule has 0 N–H and O–H groups in total. The molecule has 1 aromatic carbocycles. The van der Waals surface area contributed by atoms with Crippen LogP contribution in [0.2, 0.25) is 0 Å². The molecule has 2 nitrogen and oxygen atoms in total. The molecule has 2 aromatic rings. The molecule has 20 heavy (non-hydrogen) atoms. The number of hydrogen-bond acceptors (Lipinski definition) is 2. The number of aromatic nitrogens is 1. The predicted octanol–water partition coefficient (Wildman–Crippen LogP) is 4.29. The Labute approximate surface area is 122 Å². The summed E-state index contributed by atoms with van der Waals surface area (Å²) in [5.74, 6) is 0. The number of fused-ring (bicyclic) bond motifs is 1. The molecule has 0 fully saturated rings. The fourth-order valence-electron chi connectivity index (χ4n) is 2.61. The Morgan fingerprint density at radius 3 is 2.50 bits per heavy atom. The molecular formula is C18H26N2. The highest BCUT2D eigenvalue weighted by atomic mass is 15.1. The van der Waals surface area contributed by atoms with Crippen molar-refractivity contribution in [3.8, 4) is 0 Å². The van der Waals surface area contributed by atoms with Crippen LogP contribution >= 0.6 is 0 Å². The van der Waals surface area contributed by atoms with Crippen molar-refractivity contribution in [1.29, 1.82) is 0 Å². The van der Waals surface area contributed by atoms with Crippen molar-refractivity contribution in [1.82, 2.24) is 9.88 Å². The zero-order valence-corrected chi connectivity index (χ0v) is 12.8. The van der Waals surface area contributed by atoms with E-state index in [-0.39, 0.29) is 0 Å². The fourth-order valence-corrected chi connectivity index (χ4v) is 2.61. The number of hydrogen-bond donors (Lipinski definition) is 0. The molecule has 1 aromatic heterocycles. The molecule has 0 radical (unpaired) electrons. The van der Waals surface area contributed by atoms with Gasteiger partial charge >= 0.3 is 0 Å². The molecule has 0 saturated carbocycles. The SMILES string of the molecule is CCN(CC)CCCCCc1ccc2ccccc2n1. The van der Waals surface area contributed by atoms with E-state index in [4.69, 9.17) is 4.98 Å². The van der Waals surface area contributed by atoms with E-state index in [1.54, 1.807) is 0 Å². The highest BCUT2D eigenvalue weighted by Crippen LogP contribution is 2.13. The lowest BCUT2D eigenvalue weighted by atomic mass is 10.1. The van der Waals surface area contributed by atoms with E-state index < -0.39 is 0 Å². The summed E-state index contributed by atoms with van der Waals surface area (Å²) in [5, 5.41) is 1.23. The van der Waals surface area contributed by atoms with Gasteiger partial charge in [-0.2, -0.15) is 0 Å². The molecule has 0 unspecified atom stereocenters. The van der Waals surface area contributed by atoms with Gasteiger partial charge in [-0.25, -0.2) is 0 Å². The molecular weight excluding hydrogens is 244 g/mol. The summed E-state index contributed by atoms with van der Waals surface area (Å²) in [7, 11) is 0. The molecule has 0 aliphatic carbocycles. The highest BCUT2D eigenvalue weighted by molar-refractivity contribution is 5.78. The van der Waals surface area contributed by atoms with Crippen LogP contribution in [-0.2, 0) is 6.42 Å². The Balaban J connectivity index is 1.75. The summed E-state index contributed by atoms with van der Waals surface area (Å²) in [6, 6.07) is 12.7. The normalized spacial score (nSPS) is 11.3. The van der Waals surface area contributed by atoms with E-state index in [0.29, 0.717) is 0 Å². The van der Waals surface area contributed by atoms with E-state index >= 15 is 0 Å². The van der Waals surface area contributed by atoms with Gasteiger partial charge in [0.1, 0.15) is 0 Å². The molecule has 0 saturated heterocycles. The third-order valence-electron chi connectivity index (χ3n) is 3.96. The lowest BCUT2D eigenvalue weighted by molar-refractivity contribution is 0.296. The van der Waals surface area contributed by atoms with Gasteiger partial charge in [-0.05, 0) is 51.0 Å². The largest absolute Gasteiger partial charge is 0.304 e. The molecule has 0 bridgehead atoms. The van der Waals surface area contributed by atoms with Crippen LogP contribution in [0.5, 0.6) is 0 Å². The van der Waals surface area contributed by atoms with Crippen molar-refractivity contribution in [2.24, 2.45) is 0 Å². The first-order valence-electron chi connectivity index (χ1n) is 7.90. The van der Waals surface area contributed by atoms with Gasteiger partial charge in [-0.3, -0.25) is 4.98 Å². The smallest absolute Gasteiger partial charge is 0.0705 e. The molecule has 0 aliphatic heterocycles. The van der Waals surface area contributed by atoms with Crippen molar-refractivity contribution in [3.63, 3.8) is 0 Å². The number of para-hydroxylation sites is 1. The average Bonchev–Trinajstić information content (AvgIpc) is 2.51. The van der Waals surface area contributed by atoms with Crippen LogP contribution in [0, 0.1) is 0 Å². The van der Waals surface area contributed by atoms with E-state index in [1.807, 2.05) is 0 Å². The molecule has 2 rings (SSSR count). The topological polar surface area (TPSA) is 16.1 Å². The Hall–Kier alpha value is -1.41. The number of unbranched alkanes of at least 4 members (excludes halogenated alkanes) is 2. The maximum Gasteiger partial charge on any atom is 0.0705 e. The second-order valence-corrected chi connectivity index (χ2v) is 5.33. The van der Waals surface area contributed by atoms with Crippen molar-refractivity contribution in [2.45, 2.75) is 39.5 Å². The minimum absolute atomic E-state index is 1.10. The number of benzene rings is 1. The first-order chi connectivity index (χ1) is 9.83. The number of aryl methyl sites for hydroxylation is 1. The number of pyridine rings is 1. The van der Waals surface area contributed by atoms with E-state index in [9.17, 15) is 0 Å². The van der Waals surface area contributed by atoms with Crippen LogP contribution in [0.4, 0.5) is 0 Å². The van der Waals surface area contributed by atoms with Gasteiger partial charge in [-0.1, -0.05) is 44.5 Å². The molecule has 1 heterocycles. The Kier molecular flexibility index (Phi) is 6.00. The second kappa shape index (κ2) is 8.01. The van der Waals surface area contributed by atoms with Gasteiger partial charge in [0.2, 0.25) is 0 Å². The summed E-state index contributed by atoms with van der Waals surface area (Å²) in [5.41, 5.74) is 2.35. The van der Waals surface area contributed by atoms with Crippen LogP contribution in [0.25, 0.3) is 10.9 Å². The van der Waals surface area contributed by atoms with Crippen LogP contribution in [0.15, 0.2) is 36.4 Å². The van der Waals surface area contributed by atoms with Crippen LogP contribution in [-0.4, -0.2) is 29.5 Å². The predicted molar refractivity (Wildman–Crippen MR) is 87.1 cm³/mol. The van der Waals surface area contributed by atoms with Gasteiger partial charge in [-0.15, -0.1) is 0 Å². The van der Waals surface area contributed by atoms with Crippen molar-refractivity contribution < 1.29 is 0 Å². The minimum Gasteiger partial charge on any atom is -0.304 e. The molecule has 0 amide bonds. The fraction of sp³-hybridized carbons (Fsp3) is 0.500. The zero-order valence-electron chi connectivity index (χ0n) is 12.8. The highest BCUT2D eigenvalue weighted by Gasteiger charge is 2.00. The van der Waals surface area contributed by atoms with Gasteiger partial charge < -0.3 is 4.90 Å². The lowest BCUT2D eigenvalue weighted by Gasteiger charge is -2.17. The number of rotatable bonds is 8. The lowest BCUT2D eigenvalue weighted by Crippen LogP contribution is -2.23. The maximum absolute atomic E-state index is 4.73. The summed E-state index contributed by atoms with van der Waals surface area (Å²) < 4.78 is 0. The third-order valence-corrected chi connectivity index (χ3v) is 3.96. The van der Waals surface area contributed by atoms with E-state index in [2.05, 4.69) is 55.1 Å². The monoisotopic (exact) mass is 270 g/mol. The quantitative estimate of drug-likeness (QED) is 0.665. The Morgan fingerprint density at radius 2 is 1.70 bits per heavy atom. The molecule has 0 aliphatic rings. The standard InChI is InChI=1S/C18H26N2/c1-3-20(4-2)15-9-5-6-11-17-14-13-16-10-7-8-12-18(16)19-17/h7-8,10,12-14H,3-6,9,11,15H2,1-2H3. The molecule has 0 atom stereocenters. The van der Waals surface area contributed by atoms with Gasteiger partial charge in [0.05, 0.1) is 5.52 Å². The van der Waals surface area contributed by atoms with Gasteiger partial charge in [0.25, 0.3) is 0 Å². The van der Waals surface area contributed by atoms with Gasteiger partial charge in [0, 0.05) is 11.1 Å². The Morgan fingerprint density at radius 1 is 0.900 bits per heavy atom. The first kappa shape index (κ1) is 15.0.